The summed E-state index contributed by atoms with van der Waals surface area (Å²) in [7, 11) is 0. The minimum Gasteiger partial charge on any atom is -0.375 e. The van der Waals surface area contributed by atoms with Crippen molar-refractivity contribution in [2.75, 3.05) is 11.5 Å². The third kappa shape index (κ3) is 1.78. The van der Waals surface area contributed by atoms with Crippen LogP contribution in [-0.4, -0.2) is 10.7 Å². The van der Waals surface area contributed by atoms with Crippen LogP contribution in [-0.2, 0) is 6.42 Å². The zero-order chi connectivity index (χ0) is 9.26. The predicted octanol–water partition coefficient (Wildman–Crippen LogP) is 2.35. The fourth-order valence-corrected chi connectivity index (χ4v) is 2.33. The van der Waals surface area contributed by atoms with Crippen LogP contribution in [0.25, 0.3) is 10.2 Å². The van der Waals surface area contributed by atoms with Crippen LogP contribution in [0.1, 0.15) is 5.56 Å². The van der Waals surface area contributed by atoms with Crippen LogP contribution in [0, 0.1) is 0 Å². The summed E-state index contributed by atoms with van der Waals surface area (Å²) in [6, 6.07) is 6.23. The summed E-state index contributed by atoms with van der Waals surface area (Å²) < 4.78 is 1.16. The van der Waals surface area contributed by atoms with Crippen molar-refractivity contribution in [3.8, 4) is 0 Å². The Morgan fingerprint density at radius 3 is 3.08 bits per heavy atom. The van der Waals surface area contributed by atoms with Gasteiger partial charge in [-0.15, -0.1) is 0 Å². The van der Waals surface area contributed by atoms with Gasteiger partial charge < -0.3 is 5.73 Å². The van der Waals surface area contributed by atoms with Crippen LogP contribution >= 0.6 is 24.0 Å². The number of nitrogen functional groups attached to an aromatic ring is 1. The molecule has 0 aliphatic rings. The first-order valence-corrected chi connectivity index (χ1v) is 5.50. The lowest BCUT2D eigenvalue weighted by Gasteiger charge is -1.96. The number of nitrogens with two attached hydrogens (primary N) is 1. The smallest absolute Gasteiger partial charge is 0.181 e. The lowest BCUT2D eigenvalue weighted by Crippen LogP contribution is -1.84. The Balaban J connectivity index is 2.48. The van der Waals surface area contributed by atoms with Crippen molar-refractivity contribution in [3.63, 3.8) is 0 Å². The second kappa shape index (κ2) is 3.55. The van der Waals surface area contributed by atoms with Gasteiger partial charge in [-0.2, -0.15) is 12.6 Å². The Morgan fingerprint density at radius 2 is 2.31 bits per heavy atom. The fourth-order valence-electron chi connectivity index (χ4n) is 1.27. The molecular formula is C9H10N2S2. The number of rotatable bonds is 2. The van der Waals surface area contributed by atoms with Crippen LogP contribution in [0.5, 0.6) is 0 Å². The molecule has 1 heterocycles. The first-order valence-electron chi connectivity index (χ1n) is 4.05. The highest BCUT2D eigenvalue weighted by Crippen LogP contribution is 2.24. The number of nitrogens with zero attached hydrogens (tertiary/aromatic N) is 1. The molecule has 0 aliphatic carbocycles. The van der Waals surface area contributed by atoms with Crippen molar-refractivity contribution in [2.24, 2.45) is 0 Å². The van der Waals surface area contributed by atoms with E-state index in [1.54, 1.807) is 0 Å². The van der Waals surface area contributed by atoms with Gasteiger partial charge >= 0.3 is 0 Å². The predicted molar refractivity (Wildman–Crippen MR) is 61.6 cm³/mol. The molecule has 2 rings (SSSR count). The molecule has 2 nitrogen and oxygen atoms in total. The SMILES string of the molecule is Nc1nc2ccc(CCS)cc2s1. The summed E-state index contributed by atoms with van der Waals surface area (Å²) in [5.74, 6) is 0.875. The van der Waals surface area contributed by atoms with Gasteiger partial charge in [-0.05, 0) is 29.9 Å². The van der Waals surface area contributed by atoms with Gasteiger partial charge in [0.25, 0.3) is 0 Å². The topological polar surface area (TPSA) is 38.9 Å². The summed E-state index contributed by atoms with van der Waals surface area (Å²) in [6.07, 6.45) is 0.997. The van der Waals surface area contributed by atoms with E-state index >= 15 is 0 Å². The molecule has 0 saturated heterocycles. The molecule has 68 valence electrons. The van der Waals surface area contributed by atoms with Gasteiger partial charge in [-0.1, -0.05) is 17.4 Å². The molecule has 0 bridgehead atoms. The molecule has 4 heteroatoms. The standard InChI is InChI=1S/C9H10N2S2/c10-9-11-7-2-1-6(3-4-12)5-8(7)13-9/h1-2,5,12H,3-4H2,(H2,10,11). The Bertz CT molecular complexity index is 422. The lowest BCUT2D eigenvalue weighted by molar-refractivity contribution is 1.17. The molecule has 0 amide bonds. The quantitative estimate of drug-likeness (QED) is 0.747. The minimum atomic E-state index is 0.637. The van der Waals surface area contributed by atoms with E-state index in [1.807, 2.05) is 6.07 Å². The van der Waals surface area contributed by atoms with Gasteiger partial charge in [-0.25, -0.2) is 4.98 Å². The van der Waals surface area contributed by atoms with Gasteiger partial charge in [0.2, 0.25) is 0 Å². The second-order valence-corrected chi connectivity index (χ2v) is 4.34. The van der Waals surface area contributed by atoms with Gasteiger partial charge in [0.05, 0.1) is 10.2 Å². The number of hydrogen-bond acceptors (Lipinski definition) is 4. The van der Waals surface area contributed by atoms with E-state index in [0.29, 0.717) is 5.13 Å². The third-order valence-electron chi connectivity index (χ3n) is 1.87. The zero-order valence-corrected chi connectivity index (χ0v) is 8.74. The highest BCUT2D eigenvalue weighted by molar-refractivity contribution is 7.80. The maximum Gasteiger partial charge on any atom is 0.181 e. The van der Waals surface area contributed by atoms with Gasteiger partial charge in [0, 0.05) is 0 Å². The summed E-state index contributed by atoms with van der Waals surface area (Å²) in [4.78, 5) is 4.19. The normalized spacial score (nSPS) is 10.8. The molecule has 0 saturated carbocycles. The zero-order valence-electron chi connectivity index (χ0n) is 7.03. The Kier molecular flexibility index (Phi) is 2.42. The van der Waals surface area contributed by atoms with Crippen molar-refractivity contribution < 1.29 is 0 Å². The van der Waals surface area contributed by atoms with Gasteiger partial charge in [0.15, 0.2) is 5.13 Å². The largest absolute Gasteiger partial charge is 0.375 e. The van der Waals surface area contributed by atoms with E-state index in [-0.39, 0.29) is 0 Å². The summed E-state index contributed by atoms with van der Waals surface area (Å²) in [5, 5.41) is 0.637. The number of thiazole rings is 1. The first-order chi connectivity index (χ1) is 6.29. The van der Waals surface area contributed by atoms with Crippen LogP contribution in [0.3, 0.4) is 0 Å². The lowest BCUT2D eigenvalue weighted by atomic mass is 10.2. The van der Waals surface area contributed by atoms with E-state index in [9.17, 15) is 0 Å². The average Bonchev–Trinajstić information content (AvgIpc) is 2.44. The molecular weight excluding hydrogens is 200 g/mol. The van der Waals surface area contributed by atoms with Crippen LogP contribution in [0.15, 0.2) is 18.2 Å². The minimum absolute atomic E-state index is 0.637. The van der Waals surface area contributed by atoms with Crippen molar-refractivity contribution >= 4 is 39.3 Å². The number of fused-ring (bicyclic) bond motifs is 1. The molecule has 1 aromatic heterocycles. The molecule has 0 spiro atoms. The first kappa shape index (κ1) is 8.84. The van der Waals surface area contributed by atoms with Gasteiger partial charge in [0.1, 0.15) is 0 Å². The third-order valence-corrected chi connectivity index (χ3v) is 2.94. The number of benzene rings is 1. The van der Waals surface area contributed by atoms with E-state index in [2.05, 4.69) is 29.7 Å². The Hall–Kier alpha value is -0.740. The maximum absolute atomic E-state index is 5.61. The molecule has 1 aromatic carbocycles. The summed E-state index contributed by atoms with van der Waals surface area (Å²) in [6.45, 7) is 0. The highest BCUT2D eigenvalue weighted by atomic mass is 32.1. The van der Waals surface area contributed by atoms with Crippen LogP contribution < -0.4 is 5.73 Å². The number of aromatic nitrogens is 1. The number of thiol groups is 1. The van der Waals surface area contributed by atoms with E-state index in [0.717, 1.165) is 22.4 Å². The van der Waals surface area contributed by atoms with Crippen molar-refractivity contribution in [2.45, 2.75) is 6.42 Å². The number of anilines is 1. The summed E-state index contributed by atoms with van der Waals surface area (Å²) in [5.41, 5.74) is 7.90. The van der Waals surface area contributed by atoms with E-state index in [4.69, 9.17) is 5.73 Å². The molecule has 0 radical (unpaired) electrons. The molecule has 0 unspecified atom stereocenters. The van der Waals surface area contributed by atoms with Gasteiger partial charge in [-0.3, -0.25) is 0 Å². The Morgan fingerprint density at radius 1 is 1.46 bits per heavy atom. The monoisotopic (exact) mass is 210 g/mol. The molecule has 0 aliphatic heterocycles. The van der Waals surface area contributed by atoms with E-state index < -0.39 is 0 Å². The molecule has 0 atom stereocenters. The van der Waals surface area contributed by atoms with Crippen LogP contribution in [0.4, 0.5) is 5.13 Å². The molecule has 2 aromatic rings. The maximum atomic E-state index is 5.61. The summed E-state index contributed by atoms with van der Waals surface area (Å²) >= 11 is 5.73. The fraction of sp³-hybridized carbons (Fsp3) is 0.222. The number of aryl methyl sites for hydroxylation is 1. The molecule has 13 heavy (non-hydrogen) atoms. The Labute approximate surface area is 86.2 Å². The highest BCUT2D eigenvalue weighted by Gasteiger charge is 2.01. The van der Waals surface area contributed by atoms with E-state index in [1.165, 1.54) is 16.9 Å². The van der Waals surface area contributed by atoms with Crippen molar-refractivity contribution in [1.29, 1.82) is 0 Å². The van der Waals surface area contributed by atoms with Crippen molar-refractivity contribution in [3.05, 3.63) is 23.8 Å². The van der Waals surface area contributed by atoms with Crippen molar-refractivity contribution in [1.82, 2.24) is 4.98 Å². The second-order valence-electron chi connectivity index (χ2n) is 2.83. The molecule has 2 N–H and O–H groups in total. The number of hydrogen-bond donors (Lipinski definition) is 2. The average molecular weight is 210 g/mol. The van der Waals surface area contributed by atoms with Crippen LogP contribution in [0.2, 0.25) is 0 Å². The molecule has 0 fully saturated rings.